The summed E-state index contributed by atoms with van der Waals surface area (Å²) in [4.78, 5) is 12.8. The lowest BCUT2D eigenvalue weighted by atomic mass is 9.63. The first-order chi connectivity index (χ1) is 8.33. The summed E-state index contributed by atoms with van der Waals surface area (Å²) >= 11 is 7.42. The highest BCUT2D eigenvalue weighted by molar-refractivity contribution is 7.16. The maximum atomic E-state index is 11.7. The second kappa shape index (κ2) is 4.86. The minimum Gasteiger partial charge on any atom is -0.481 e. The molecule has 1 aromatic rings. The zero-order valence-electron chi connectivity index (χ0n) is 10.8. The van der Waals surface area contributed by atoms with Crippen molar-refractivity contribution in [2.45, 2.75) is 46.0 Å². The van der Waals surface area contributed by atoms with Crippen molar-refractivity contribution in [1.82, 2.24) is 0 Å². The third-order valence-electron chi connectivity index (χ3n) is 4.16. The smallest absolute Gasteiger partial charge is 0.309 e. The van der Waals surface area contributed by atoms with Gasteiger partial charge in [-0.2, -0.15) is 0 Å². The highest BCUT2D eigenvalue weighted by Crippen LogP contribution is 2.47. The Morgan fingerprint density at radius 3 is 2.39 bits per heavy atom. The van der Waals surface area contributed by atoms with Crippen molar-refractivity contribution >= 4 is 28.9 Å². The number of rotatable bonds is 3. The molecule has 0 saturated heterocycles. The van der Waals surface area contributed by atoms with E-state index in [2.05, 4.69) is 13.8 Å². The maximum absolute atomic E-state index is 11.7. The number of hydrogen-bond donors (Lipinski definition) is 1. The minimum absolute atomic E-state index is 0.284. The maximum Gasteiger partial charge on any atom is 0.309 e. The minimum atomic E-state index is -0.650. The van der Waals surface area contributed by atoms with Crippen molar-refractivity contribution in [2.24, 2.45) is 10.8 Å². The van der Waals surface area contributed by atoms with Gasteiger partial charge in [-0.1, -0.05) is 25.4 Å². The molecular formula is C14H19ClO2S. The summed E-state index contributed by atoms with van der Waals surface area (Å²) in [7, 11) is 0. The Labute approximate surface area is 117 Å². The van der Waals surface area contributed by atoms with Gasteiger partial charge in [-0.15, -0.1) is 11.3 Å². The van der Waals surface area contributed by atoms with E-state index in [9.17, 15) is 9.90 Å². The normalized spacial score (nSPS) is 21.7. The van der Waals surface area contributed by atoms with E-state index < -0.39 is 11.4 Å². The van der Waals surface area contributed by atoms with E-state index in [0.717, 1.165) is 34.9 Å². The molecule has 0 aliphatic heterocycles. The molecule has 0 spiro atoms. The Kier molecular flexibility index (Phi) is 3.75. The topological polar surface area (TPSA) is 37.3 Å². The van der Waals surface area contributed by atoms with Crippen LogP contribution in [0.5, 0.6) is 0 Å². The van der Waals surface area contributed by atoms with Crippen molar-refractivity contribution in [2.75, 3.05) is 0 Å². The van der Waals surface area contributed by atoms with E-state index in [-0.39, 0.29) is 5.41 Å². The largest absolute Gasteiger partial charge is 0.481 e. The fraction of sp³-hybridized carbons (Fsp3) is 0.643. The fourth-order valence-electron chi connectivity index (χ4n) is 2.65. The Balaban J connectivity index is 2.16. The van der Waals surface area contributed by atoms with Crippen LogP contribution in [0.1, 0.15) is 44.4 Å². The van der Waals surface area contributed by atoms with Crippen LogP contribution in [-0.4, -0.2) is 11.1 Å². The molecule has 100 valence electrons. The average Bonchev–Trinajstić information content (AvgIpc) is 2.67. The third-order valence-corrected chi connectivity index (χ3v) is 5.39. The lowest BCUT2D eigenvalue weighted by molar-refractivity contribution is -0.152. The molecule has 1 heterocycles. The zero-order valence-corrected chi connectivity index (χ0v) is 12.4. The predicted molar refractivity (Wildman–Crippen MR) is 75.4 cm³/mol. The monoisotopic (exact) mass is 286 g/mol. The van der Waals surface area contributed by atoms with E-state index in [1.54, 1.807) is 0 Å². The van der Waals surface area contributed by atoms with Crippen LogP contribution in [0, 0.1) is 10.8 Å². The second-order valence-electron chi connectivity index (χ2n) is 6.13. The molecule has 0 aromatic carbocycles. The molecule has 1 N–H and O–H groups in total. The molecule has 2 rings (SSSR count). The van der Waals surface area contributed by atoms with Crippen LogP contribution in [0.4, 0.5) is 0 Å². The number of carboxylic acids is 1. The van der Waals surface area contributed by atoms with E-state index in [0.29, 0.717) is 6.42 Å². The van der Waals surface area contributed by atoms with Crippen molar-refractivity contribution < 1.29 is 9.90 Å². The fourth-order valence-corrected chi connectivity index (χ4v) is 3.88. The van der Waals surface area contributed by atoms with Gasteiger partial charge in [0.15, 0.2) is 0 Å². The lowest BCUT2D eigenvalue weighted by Gasteiger charge is -2.40. The van der Waals surface area contributed by atoms with Gasteiger partial charge in [-0.25, -0.2) is 0 Å². The second-order valence-corrected chi connectivity index (χ2v) is 7.93. The Hall–Kier alpha value is -0.540. The standard InChI is InChI=1S/C14H19ClO2S/c1-13(2)5-7-14(8-6-13,12(16)17)9-10-3-4-11(15)18-10/h3-4H,5-9H2,1-2H3,(H,16,17). The van der Waals surface area contributed by atoms with E-state index in [4.69, 9.17) is 11.6 Å². The van der Waals surface area contributed by atoms with Crippen LogP contribution < -0.4 is 0 Å². The van der Waals surface area contributed by atoms with Gasteiger partial charge in [0.2, 0.25) is 0 Å². The van der Waals surface area contributed by atoms with Crippen molar-refractivity contribution in [3.8, 4) is 0 Å². The van der Waals surface area contributed by atoms with Gasteiger partial charge in [0.25, 0.3) is 0 Å². The van der Waals surface area contributed by atoms with Gasteiger partial charge in [-0.05, 0) is 49.7 Å². The molecule has 0 atom stereocenters. The summed E-state index contributed by atoms with van der Waals surface area (Å²) in [6, 6.07) is 3.81. The molecule has 1 saturated carbocycles. The highest BCUT2D eigenvalue weighted by Gasteiger charge is 2.44. The summed E-state index contributed by atoms with van der Waals surface area (Å²) in [6.45, 7) is 4.45. The van der Waals surface area contributed by atoms with E-state index in [1.807, 2.05) is 12.1 Å². The Morgan fingerprint density at radius 2 is 1.94 bits per heavy atom. The molecule has 1 aliphatic rings. The molecule has 0 unspecified atom stereocenters. The highest BCUT2D eigenvalue weighted by atomic mass is 35.5. The van der Waals surface area contributed by atoms with E-state index in [1.165, 1.54) is 11.3 Å². The van der Waals surface area contributed by atoms with Crippen molar-refractivity contribution in [3.63, 3.8) is 0 Å². The first-order valence-electron chi connectivity index (χ1n) is 6.31. The summed E-state index contributed by atoms with van der Waals surface area (Å²) in [5.74, 6) is -0.650. The molecular weight excluding hydrogens is 268 g/mol. The number of carboxylic acid groups (broad SMARTS) is 1. The molecule has 18 heavy (non-hydrogen) atoms. The summed E-state index contributed by atoms with van der Waals surface area (Å²) < 4.78 is 0.738. The van der Waals surface area contributed by atoms with Gasteiger partial charge in [-0.3, -0.25) is 4.79 Å². The van der Waals surface area contributed by atoms with Gasteiger partial charge >= 0.3 is 5.97 Å². The summed E-state index contributed by atoms with van der Waals surface area (Å²) in [6.07, 6.45) is 4.13. The van der Waals surface area contributed by atoms with Crippen LogP contribution in [0.3, 0.4) is 0 Å². The number of aliphatic carboxylic acids is 1. The van der Waals surface area contributed by atoms with Crippen LogP contribution in [0.15, 0.2) is 12.1 Å². The van der Waals surface area contributed by atoms with Crippen molar-refractivity contribution in [1.29, 1.82) is 0 Å². The number of hydrogen-bond acceptors (Lipinski definition) is 2. The Morgan fingerprint density at radius 1 is 1.33 bits per heavy atom. The average molecular weight is 287 g/mol. The van der Waals surface area contributed by atoms with E-state index >= 15 is 0 Å². The molecule has 0 amide bonds. The van der Waals surface area contributed by atoms with Crippen LogP contribution in [-0.2, 0) is 11.2 Å². The number of carbonyl (C=O) groups is 1. The molecule has 4 heteroatoms. The molecule has 1 aliphatic carbocycles. The molecule has 0 radical (unpaired) electrons. The number of halogens is 1. The first-order valence-corrected chi connectivity index (χ1v) is 7.50. The van der Waals surface area contributed by atoms with Gasteiger partial charge in [0, 0.05) is 4.88 Å². The van der Waals surface area contributed by atoms with Gasteiger partial charge in [0.05, 0.1) is 9.75 Å². The van der Waals surface area contributed by atoms with Gasteiger partial charge in [0.1, 0.15) is 0 Å². The molecule has 0 bridgehead atoms. The van der Waals surface area contributed by atoms with Crippen molar-refractivity contribution in [3.05, 3.63) is 21.3 Å². The number of thiophene rings is 1. The molecule has 1 aromatic heterocycles. The first kappa shape index (κ1) is 13.9. The summed E-state index contributed by atoms with van der Waals surface area (Å²) in [5.41, 5.74) is -0.296. The third kappa shape index (κ3) is 2.89. The molecule has 1 fully saturated rings. The molecule has 2 nitrogen and oxygen atoms in total. The van der Waals surface area contributed by atoms with Crippen LogP contribution in [0.2, 0.25) is 4.34 Å². The van der Waals surface area contributed by atoms with Gasteiger partial charge < -0.3 is 5.11 Å². The van der Waals surface area contributed by atoms with Crippen LogP contribution in [0.25, 0.3) is 0 Å². The van der Waals surface area contributed by atoms with Crippen LogP contribution >= 0.6 is 22.9 Å². The SMILES string of the molecule is CC1(C)CCC(Cc2ccc(Cl)s2)(C(=O)O)CC1. The quantitative estimate of drug-likeness (QED) is 0.880. The summed E-state index contributed by atoms with van der Waals surface area (Å²) in [5, 5.41) is 9.60. The Bertz CT molecular complexity index is 440. The zero-order chi connectivity index (χ0) is 13.4. The predicted octanol–water partition coefficient (Wildman–Crippen LogP) is 4.62. The lowest BCUT2D eigenvalue weighted by Crippen LogP contribution is -2.39.